The Labute approximate surface area is 107 Å². The van der Waals surface area contributed by atoms with E-state index in [0.717, 1.165) is 11.3 Å². The summed E-state index contributed by atoms with van der Waals surface area (Å²) in [5, 5.41) is 13.0. The van der Waals surface area contributed by atoms with E-state index in [1.54, 1.807) is 10.9 Å². The molecule has 0 atom stereocenters. The maximum absolute atomic E-state index is 10.7. The van der Waals surface area contributed by atoms with Crippen LogP contribution in [0.2, 0.25) is 0 Å². The van der Waals surface area contributed by atoms with Gasteiger partial charge in [-0.15, -0.1) is 0 Å². The third kappa shape index (κ3) is 2.55. The summed E-state index contributed by atoms with van der Waals surface area (Å²) < 4.78 is 2.40. The molecule has 0 radical (unpaired) electrons. The van der Waals surface area contributed by atoms with E-state index in [4.69, 9.17) is 5.11 Å². The van der Waals surface area contributed by atoms with Crippen molar-refractivity contribution in [2.75, 3.05) is 0 Å². The summed E-state index contributed by atoms with van der Waals surface area (Å²) >= 11 is 3.32. The van der Waals surface area contributed by atoms with E-state index in [9.17, 15) is 4.79 Å². The normalized spacial score (nSPS) is 10.5. The lowest BCUT2D eigenvalue weighted by molar-refractivity contribution is -0.136. The van der Waals surface area contributed by atoms with Gasteiger partial charge in [-0.1, -0.05) is 18.2 Å². The van der Waals surface area contributed by atoms with Gasteiger partial charge in [-0.05, 0) is 34.5 Å². The highest BCUT2D eigenvalue weighted by Crippen LogP contribution is 2.20. The van der Waals surface area contributed by atoms with Gasteiger partial charge >= 0.3 is 5.97 Å². The van der Waals surface area contributed by atoms with Gasteiger partial charge in [-0.2, -0.15) is 5.10 Å². The topological polar surface area (TPSA) is 55.1 Å². The van der Waals surface area contributed by atoms with Crippen molar-refractivity contribution < 1.29 is 9.90 Å². The number of halogens is 1. The standard InChI is InChI=1S/C12H11BrN2O2/c1-8-4-2-3-5-11(8)15-7-9(13)10(14-15)6-12(16)17/h2-5,7H,6H2,1H3,(H,16,17). The lowest BCUT2D eigenvalue weighted by Crippen LogP contribution is -2.03. The Bertz CT molecular complexity index is 563. The second-order valence-corrected chi connectivity index (χ2v) is 4.58. The van der Waals surface area contributed by atoms with Gasteiger partial charge in [0.1, 0.15) is 0 Å². The van der Waals surface area contributed by atoms with Crippen LogP contribution in [0.5, 0.6) is 0 Å². The molecule has 0 saturated heterocycles. The molecule has 17 heavy (non-hydrogen) atoms. The predicted octanol–water partition coefficient (Wildman–Crippen LogP) is 2.57. The van der Waals surface area contributed by atoms with Crippen LogP contribution in [0.3, 0.4) is 0 Å². The van der Waals surface area contributed by atoms with E-state index in [0.29, 0.717) is 10.2 Å². The molecule has 0 saturated carbocycles. The number of nitrogens with zero attached hydrogens (tertiary/aromatic N) is 2. The fourth-order valence-corrected chi connectivity index (χ4v) is 2.01. The average molecular weight is 295 g/mol. The molecule has 0 bridgehead atoms. The van der Waals surface area contributed by atoms with E-state index >= 15 is 0 Å². The van der Waals surface area contributed by atoms with Crippen LogP contribution in [0.1, 0.15) is 11.3 Å². The number of hydrogen-bond acceptors (Lipinski definition) is 2. The Morgan fingerprint density at radius 2 is 2.18 bits per heavy atom. The van der Waals surface area contributed by atoms with Crippen LogP contribution in [-0.2, 0) is 11.2 Å². The molecule has 2 aromatic rings. The Morgan fingerprint density at radius 3 is 2.82 bits per heavy atom. The van der Waals surface area contributed by atoms with Crippen LogP contribution < -0.4 is 0 Å². The highest BCUT2D eigenvalue weighted by atomic mass is 79.9. The van der Waals surface area contributed by atoms with Crippen LogP contribution in [-0.4, -0.2) is 20.9 Å². The van der Waals surface area contributed by atoms with E-state index in [1.807, 2.05) is 31.2 Å². The Kier molecular flexibility index (Phi) is 3.28. The number of para-hydroxylation sites is 1. The number of hydrogen-bond donors (Lipinski definition) is 1. The lowest BCUT2D eigenvalue weighted by Gasteiger charge is -2.04. The molecule has 1 aromatic carbocycles. The highest BCUT2D eigenvalue weighted by molar-refractivity contribution is 9.10. The van der Waals surface area contributed by atoms with E-state index < -0.39 is 5.97 Å². The first-order valence-corrected chi connectivity index (χ1v) is 5.89. The minimum absolute atomic E-state index is 0.0839. The van der Waals surface area contributed by atoms with Crippen LogP contribution in [0.25, 0.3) is 5.69 Å². The minimum atomic E-state index is -0.888. The van der Waals surface area contributed by atoms with Crippen molar-refractivity contribution in [3.63, 3.8) is 0 Å². The molecule has 5 heteroatoms. The van der Waals surface area contributed by atoms with Crippen molar-refractivity contribution in [1.82, 2.24) is 9.78 Å². The molecule has 2 rings (SSSR count). The summed E-state index contributed by atoms with van der Waals surface area (Å²) in [6, 6.07) is 7.81. The number of carboxylic acid groups (broad SMARTS) is 1. The predicted molar refractivity (Wildman–Crippen MR) is 67.3 cm³/mol. The number of carboxylic acids is 1. The largest absolute Gasteiger partial charge is 0.481 e. The first-order valence-electron chi connectivity index (χ1n) is 5.10. The quantitative estimate of drug-likeness (QED) is 0.947. The van der Waals surface area contributed by atoms with E-state index in [1.165, 1.54) is 0 Å². The van der Waals surface area contributed by atoms with Crippen molar-refractivity contribution in [3.8, 4) is 5.69 Å². The molecule has 88 valence electrons. The third-order valence-electron chi connectivity index (χ3n) is 2.42. The van der Waals surface area contributed by atoms with Crippen LogP contribution in [0.4, 0.5) is 0 Å². The lowest BCUT2D eigenvalue weighted by atomic mass is 10.2. The van der Waals surface area contributed by atoms with Gasteiger partial charge in [0, 0.05) is 6.20 Å². The summed E-state index contributed by atoms with van der Waals surface area (Å²) in [6.45, 7) is 1.99. The van der Waals surface area contributed by atoms with Crippen molar-refractivity contribution in [1.29, 1.82) is 0 Å². The SMILES string of the molecule is Cc1ccccc1-n1cc(Br)c(CC(=O)O)n1. The molecule has 0 unspecified atom stereocenters. The summed E-state index contributed by atoms with van der Waals surface area (Å²) in [5.74, 6) is -0.888. The number of aryl methyl sites for hydroxylation is 1. The van der Waals surface area contributed by atoms with Gasteiger partial charge in [0.25, 0.3) is 0 Å². The average Bonchev–Trinajstić information content (AvgIpc) is 2.60. The van der Waals surface area contributed by atoms with Gasteiger partial charge in [0.2, 0.25) is 0 Å². The van der Waals surface area contributed by atoms with Gasteiger partial charge < -0.3 is 5.11 Å². The minimum Gasteiger partial charge on any atom is -0.481 e. The molecule has 0 spiro atoms. The summed E-state index contributed by atoms with van der Waals surface area (Å²) in [6.07, 6.45) is 1.69. The fraction of sp³-hybridized carbons (Fsp3) is 0.167. The molecule has 0 amide bonds. The molecule has 0 aliphatic heterocycles. The first kappa shape index (κ1) is 11.9. The van der Waals surface area contributed by atoms with Crippen LogP contribution >= 0.6 is 15.9 Å². The molecule has 0 aliphatic rings. The van der Waals surface area contributed by atoms with Crippen molar-refractivity contribution >= 4 is 21.9 Å². The van der Waals surface area contributed by atoms with Crippen molar-refractivity contribution in [2.45, 2.75) is 13.3 Å². The number of aromatic nitrogens is 2. The first-order chi connectivity index (χ1) is 8.08. The third-order valence-corrected chi connectivity index (χ3v) is 3.08. The smallest absolute Gasteiger partial charge is 0.309 e. The van der Waals surface area contributed by atoms with Gasteiger partial charge in [0.15, 0.2) is 0 Å². The van der Waals surface area contributed by atoms with E-state index in [-0.39, 0.29) is 6.42 Å². The Morgan fingerprint density at radius 1 is 1.47 bits per heavy atom. The summed E-state index contributed by atoms with van der Waals surface area (Å²) in [5.41, 5.74) is 2.56. The molecule has 4 nitrogen and oxygen atoms in total. The zero-order valence-corrected chi connectivity index (χ0v) is 10.8. The number of aliphatic carboxylic acids is 1. The summed E-state index contributed by atoms with van der Waals surface area (Å²) in [7, 11) is 0. The van der Waals surface area contributed by atoms with Gasteiger partial charge in [-0.3, -0.25) is 4.79 Å². The molecule has 1 heterocycles. The van der Waals surface area contributed by atoms with Gasteiger partial charge in [-0.25, -0.2) is 4.68 Å². The maximum atomic E-state index is 10.7. The van der Waals surface area contributed by atoms with Crippen LogP contribution in [0.15, 0.2) is 34.9 Å². The molecular formula is C12H11BrN2O2. The Hall–Kier alpha value is -1.62. The molecule has 1 aromatic heterocycles. The van der Waals surface area contributed by atoms with Gasteiger partial charge in [0.05, 0.1) is 22.3 Å². The fourth-order valence-electron chi connectivity index (χ4n) is 1.60. The zero-order valence-electron chi connectivity index (χ0n) is 9.22. The van der Waals surface area contributed by atoms with Crippen molar-refractivity contribution in [3.05, 3.63) is 46.2 Å². The Balaban J connectivity index is 2.41. The molecule has 1 N–H and O–H groups in total. The monoisotopic (exact) mass is 294 g/mol. The highest BCUT2D eigenvalue weighted by Gasteiger charge is 2.11. The van der Waals surface area contributed by atoms with Crippen molar-refractivity contribution in [2.24, 2.45) is 0 Å². The zero-order chi connectivity index (χ0) is 12.4. The molecule has 0 fully saturated rings. The second kappa shape index (κ2) is 4.71. The number of rotatable bonds is 3. The molecule has 0 aliphatic carbocycles. The van der Waals surface area contributed by atoms with E-state index in [2.05, 4.69) is 21.0 Å². The molecular weight excluding hydrogens is 284 g/mol. The second-order valence-electron chi connectivity index (χ2n) is 3.73. The summed E-state index contributed by atoms with van der Waals surface area (Å²) in [4.78, 5) is 10.7. The number of carbonyl (C=O) groups is 1. The maximum Gasteiger partial charge on any atom is 0.309 e. The van der Waals surface area contributed by atoms with Crippen LogP contribution in [0, 0.1) is 6.92 Å². The number of benzene rings is 1.